The molecular formula is C19H14BrF4NO2. The monoisotopic (exact) mass is 443 g/mol. The molecule has 1 aliphatic rings. The van der Waals surface area contributed by atoms with Crippen LogP contribution in [0.3, 0.4) is 0 Å². The summed E-state index contributed by atoms with van der Waals surface area (Å²) in [7, 11) is 0. The Balaban J connectivity index is 1.70. The fraction of sp³-hybridized carbons (Fsp3) is 0.263. The maximum atomic E-state index is 13.8. The van der Waals surface area contributed by atoms with Crippen LogP contribution in [0, 0.1) is 29.2 Å². The van der Waals surface area contributed by atoms with Crippen LogP contribution in [0.5, 0.6) is 0 Å². The van der Waals surface area contributed by atoms with Crippen LogP contribution >= 0.6 is 15.9 Å². The first-order chi connectivity index (χ1) is 12.8. The molecule has 3 nitrogen and oxygen atoms in total. The number of likely N-dealkylation sites (tertiary alicyclic amines) is 1. The molecule has 3 rings (SSSR count). The molecule has 142 valence electrons. The van der Waals surface area contributed by atoms with Crippen molar-refractivity contribution in [2.45, 2.75) is 12.8 Å². The number of amides is 1. The summed E-state index contributed by atoms with van der Waals surface area (Å²) in [6, 6.07) is 4.67. The van der Waals surface area contributed by atoms with Crippen molar-refractivity contribution in [3.05, 3.63) is 69.2 Å². The van der Waals surface area contributed by atoms with Gasteiger partial charge in [0.05, 0.1) is 11.1 Å². The highest BCUT2D eigenvalue weighted by Gasteiger charge is 2.32. The predicted molar refractivity (Wildman–Crippen MR) is 93.4 cm³/mol. The molecule has 0 atom stereocenters. The van der Waals surface area contributed by atoms with Gasteiger partial charge >= 0.3 is 0 Å². The molecule has 1 saturated heterocycles. The summed E-state index contributed by atoms with van der Waals surface area (Å²) < 4.78 is 54.1. The molecule has 1 fully saturated rings. The predicted octanol–water partition coefficient (Wildman–Crippen LogP) is 4.74. The minimum Gasteiger partial charge on any atom is -0.339 e. The first-order valence-electron chi connectivity index (χ1n) is 8.21. The summed E-state index contributed by atoms with van der Waals surface area (Å²) in [4.78, 5) is 26.5. The lowest BCUT2D eigenvalue weighted by Gasteiger charge is -2.31. The van der Waals surface area contributed by atoms with Crippen LogP contribution in [0.4, 0.5) is 17.6 Å². The van der Waals surface area contributed by atoms with Gasteiger partial charge < -0.3 is 4.90 Å². The normalized spacial score (nSPS) is 15.1. The molecule has 0 saturated carbocycles. The third kappa shape index (κ3) is 4.05. The molecule has 0 unspecified atom stereocenters. The van der Waals surface area contributed by atoms with Gasteiger partial charge in [-0.2, -0.15) is 0 Å². The zero-order chi connectivity index (χ0) is 19.7. The third-order valence-electron chi connectivity index (χ3n) is 4.57. The number of carbonyl (C=O) groups excluding carboxylic acids is 2. The summed E-state index contributed by atoms with van der Waals surface area (Å²) in [6.07, 6.45) is 0.444. The fourth-order valence-corrected chi connectivity index (χ4v) is 3.68. The minimum atomic E-state index is -1.23. The van der Waals surface area contributed by atoms with Gasteiger partial charge in [0, 0.05) is 35.6 Å². The summed E-state index contributed by atoms with van der Waals surface area (Å²) in [5.74, 6) is -5.76. The summed E-state index contributed by atoms with van der Waals surface area (Å²) in [6.45, 7) is 0.424. The number of rotatable bonds is 3. The van der Waals surface area contributed by atoms with Gasteiger partial charge in [0.2, 0.25) is 0 Å². The molecule has 0 aliphatic carbocycles. The number of ketones is 1. The van der Waals surface area contributed by atoms with E-state index in [2.05, 4.69) is 15.9 Å². The molecule has 8 heteroatoms. The zero-order valence-corrected chi connectivity index (χ0v) is 15.5. The summed E-state index contributed by atoms with van der Waals surface area (Å²) >= 11 is 3.15. The maximum absolute atomic E-state index is 13.8. The second-order valence-electron chi connectivity index (χ2n) is 6.30. The van der Waals surface area contributed by atoms with Crippen molar-refractivity contribution in [1.29, 1.82) is 0 Å². The first kappa shape index (κ1) is 19.5. The van der Waals surface area contributed by atoms with E-state index >= 15 is 0 Å². The number of nitrogens with zero attached hydrogens (tertiary/aromatic N) is 1. The average molecular weight is 444 g/mol. The molecule has 1 amide bonds. The Morgan fingerprint density at radius 2 is 1.52 bits per heavy atom. The van der Waals surface area contributed by atoms with Crippen LogP contribution in [0.1, 0.15) is 33.6 Å². The second-order valence-corrected chi connectivity index (χ2v) is 7.15. The SMILES string of the molecule is O=C(c1c(F)cc(F)cc1F)C1CCN(C(=O)c2ccc(F)cc2Br)CC1. The molecule has 27 heavy (non-hydrogen) atoms. The molecule has 0 spiro atoms. The van der Waals surface area contributed by atoms with Gasteiger partial charge in [-0.3, -0.25) is 9.59 Å². The topological polar surface area (TPSA) is 37.4 Å². The molecule has 0 aromatic heterocycles. The number of Topliss-reactive ketones (excluding diaryl/α,β-unsaturated/α-hetero) is 1. The van der Waals surface area contributed by atoms with Crippen LogP contribution in [0.15, 0.2) is 34.8 Å². The average Bonchev–Trinajstić information content (AvgIpc) is 2.60. The number of hydrogen-bond donors (Lipinski definition) is 0. The van der Waals surface area contributed by atoms with Crippen LogP contribution < -0.4 is 0 Å². The van der Waals surface area contributed by atoms with Crippen molar-refractivity contribution in [3.8, 4) is 0 Å². The van der Waals surface area contributed by atoms with Crippen molar-refractivity contribution in [2.75, 3.05) is 13.1 Å². The van der Waals surface area contributed by atoms with Gasteiger partial charge in [-0.15, -0.1) is 0 Å². The van der Waals surface area contributed by atoms with Crippen molar-refractivity contribution in [2.24, 2.45) is 5.92 Å². The number of halogens is 5. The molecule has 2 aromatic rings. The smallest absolute Gasteiger partial charge is 0.255 e. The molecule has 0 radical (unpaired) electrons. The molecule has 2 aromatic carbocycles. The van der Waals surface area contributed by atoms with E-state index in [9.17, 15) is 27.2 Å². The Bertz CT molecular complexity index is 888. The Morgan fingerprint density at radius 1 is 0.926 bits per heavy atom. The van der Waals surface area contributed by atoms with Crippen LogP contribution in [-0.2, 0) is 0 Å². The van der Waals surface area contributed by atoms with Gasteiger partial charge in [-0.05, 0) is 47.0 Å². The van der Waals surface area contributed by atoms with E-state index in [0.717, 1.165) is 0 Å². The number of hydrogen-bond acceptors (Lipinski definition) is 2. The highest BCUT2D eigenvalue weighted by Crippen LogP contribution is 2.27. The Kier molecular flexibility index (Phi) is 5.64. The van der Waals surface area contributed by atoms with E-state index in [-0.39, 0.29) is 37.4 Å². The third-order valence-corrected chi connectivity index (χ3v) is 5.22. The van der Waals surface area contributed by atoms with Crippen LogP contribution in [-0.4, -0.2) is 29.7 Å². The molecule has 0 bridgehead atoms. The lowest BCUT2D eigenvalue weighted by Crippen LogP contribution is -2.40. The Morgan fingerprint density at radius 3 is 2.07 bits per heavy atom. The highest BCUT2D eigenvalue weighted by molar-refractivity contribution is 9.10. The number of benzene rings is 2. The number of carbonyl (C=O) groups is 2. The van der Waals surface area contributed by atoms with Gasteiger partial charge in [0.15, 0.2) is 5.78 Å². The number of piperidine rings is 1. The van der Waals surface area contributed by atoms with E-state index in [0.29, 0.717) is 16.6 Å². The maximum Gasteiger partial charge on any atom is 0.255 e. The van der Waals surface area contributed by atoms with Gasteiger partial charge in [-0.25, -0.2) is 17.6 Å². The van der Waals surface area contributed by atoms with Gasteiger partial charge in [0.1, 0.15) is 23.3 Å². The van der Waals surface area contributed by atoms with E-state index < -0.39 is 40.5 Å². The quantitative estimate of drug-likeness (QED) is 0.507. The van der Waals surface area contributed by atoms with Crippen molar-refractivity contribution in [3.63, 3.8) is 0 Å². The molecule has 0 N–H and O–H groups in total. The fourth-order valence-electron chi connectivity index (χ4n) is 3.16. The van der Waals surface area contributed by atoms with E-state index in [1.165, 1.54) is 23.1 Å². The Labute approximate surface area is 161 Å². The lowest BCUT2D eigenvalue weighted by molar-refractivity contribution is 0.0647. The Hall–Kier alpha value is -2.22. The van der Waals surface area contributed by atoms with E-state index in [1.54, 1.807) is 0 Å². The van der Waals surface area contributed by atoms with Gasteiger partial charge in [-0.1, -0.05) is 0 Å². The standard InChI is InChI=1S/C19H14BrF4NO2/c20-14-7-11(21)1-2-13(14)19(27)25-5-3-10(4-6-25)18(26)17-15(23)8-12(22)9-16(17)24/h1-2,7-10H,3-6H2. The van der Waals surface area contributed by atoms with Crippen molar-refractivity contribution >= 4 is 27.6 Å². The molecule has 1 heterocycles. The lowest BCUT2D eigenvalue weighted by atomic mass is 9.88. The highest BCUT2D eigenvalue weighted by atomic mass is 79.9. The van der Waals surface area contributed by atoms with Gasteiger partial charge in [0.25, 0.3) is 5.91 Å². The second kappa shape index (κ2) is 7.80. The van der Waals surface area contributed by atoms with Crippen molar-refractivity contribution in [1.82, 2.24) is 4.90 Å². The zero-order valence-electron chi connectivity index (χ0n) is 13.9. The molecule has 1 aliphatic heterocycles. The van der Waals surface area contributed by atoms with Crippen LogP contribution in [0.2, 0.25) is 0 Å². The minimum absolute atomic E-state index is 0.212. The van der Waals surface area contributed by atoms with Crippen molar-refractivity contribution < 1.29 is 27.2 Å². The molecular weight excluding hydrogens is 430 g/mol. The summed E-state index contributed by atoms with van der Waals surface area (Å²) in [5.41, 5.74) is -0.459. The van der Waals surface area contributed by atoms with Crippen LogP contribution in [0.25, 0.3) is 0 Å². The largest absolute Gasteiger partial charge is 0.339 e. The van der Waals surface area contributed by atoms with E-state index in [1.807, 2.05) is 0 Å². The summed E-state index contributed by atoms with van der Waals surface area (Å²) in [5, 5.41) is 0. The first-order valence-corrected chi connectivity index (χ1v) is 9.00. The van der Waals surface area contributed by atoms with E-state index in [4.69, 9.17) is 0 Å².